The van der Waals surface area contributed by atoms with Gasteiger partial charge < -0.3 is 14.6 Å². The molecular weight excluding hydrogens is 344 g/mol. The number of rotatable bonds is 7. The average Bonchev–Trinajstić information content (AvgIpc) is 3.20. The van der Waals surface area contributed by atoms with Gasteiger partial charge in [0.2, 0.25) is 10.0 Å². The lowest BCUT2D eigenvalue weighted by molar-refractivity contribution is -0.148. The maximum atomic E-state index is 12.1. The third-order valence-corrected chi connectivity index (χ3v) is 7.42. The molecule has 3 heterocycles. The standard InChI is InChI=1S/C16H26N4O4S/c1-3-25(23,24)20-10-14-9-18(11-16(14,12-20)15(21)22)6-4-7-19-8-5-17-13(19)2/h5,8,14H,3-4,6-7,9-12H2,1-2H3,(H,21,22)/t14-,16-/m1/s1. The van der Waals surface area contributed by atoms with Gasteiger partial charge in [-0.2, -0.15) is 0 Å². The number of aliphatic carboxylic acids is 1. The van der Waals surface area contributed by atoms with Crippen LogP contribution in [-0.4, -0.2) is 76.7 Å². The van der Waals surface area contributed by atoms with E-state index in [2.05, 4.69) is 14.5 Å². The molecule has 0 unspecified atom stereocenters. The Morgan fingerprint density at radius 1 is 1.36 bits per heavy atom. The summed E-state index contributed by atoms with van der Waals surface area (Å²) < 4.78 is 27.7. The minimum absolute atomic E-state index is 0.0173. The first-order chi connectivity index (χ1) is 11.8. The molecule has 0 saturated carbocycles. The highest BCUT2D eigenvalue weighted by molar-refractivity contribution is 7.89. The molecule has 0 bridgehead atoms. The van der Waals surface area contributed by atoms with Crippen molar-refractivity contribution in [2.45, 2.75) is 26.8 Å². The smallest absolute Gasteiger partial charge is 0.312 e. The molecule has 0 amide bonds. The molecule has 1 aromatic rings. The molecule has 2 saturated heterocycles. The molecular formula is C16H26N4O4S. The third-order valence-electron chi connectivity index (χ3n) is 5.63. The number of aromatic nitrogens is 2. The van der Waals surface area contributed by atoms with E-state index < -0.39 is 21.4 Å². The summed E-state index contributed by atoms with van der Waals surface area (Å²) in [6.07, 6.45) is 4.63. The van der Waals surface area contributed by atoms with Gasteiger partial charge in [0.15, 0.2) is 0 Å². The van der Waals surface area contributed by atoms with Gasteiger partial charge in [-0.15, -0.1) is 0 Å². The van der Waals surface area contributed by atoms with Gasteiger partial charge in [-0.1, -0.05) is 0 Å². The van der Waals surface area contributed by atoms with Crippen molar-refractivity contribution in [3.63, 3.8) is 0 Å². The van der Waals surface area contributed by atoms with Crippen LogP contribution in [0.1, 0.15) is 19.2 Å². The number of hydrogen-bond acceptors (Lipinski definition) is 5. The van der Waals surface area contributed by atoms with Gasteiger partial charge in [-0.3, -0.25) is 4.79 Å². The molecule has 8 nitrogen and oxygen atoms in total. The molecule has 3 rings (SSSR count). The Balaban J connectivity index is 1.62. The number of imidazole rings is 1. The minimum Gasteiger partial charge on any atom is -0.481 e. The first kappa shape index (κ1) is 18.3. The lowest BCUT2D eigenvalue weighted by Crippen LogP contribution is -2.42. The van der Waals surface area contributed by atoms with Crippen LogP contribution in [0.15, 0.2) is 12.4 Å². The summed E-state index contributed by atoms with van der Waals surface area (Å²) in [5.74, 6) is -0.0232. The molecule has 2 fully saturated rings. The molecule has 0 spiro atoms. The van der Waals surface area contributed by atoms with Crippen LogP contribution in [0.4, 0.5) is 0 Å². The Kier molecular flexibility index (Phi) is 4.91. The zero-order valence-corrected chi connectivity index (χ0v) is 15.6. The Bertz CT molecular complexity index is 747. The van der Waals surface area contributed by atoms with Crippen molar-refractivity contribution < 1.29 is 18.3 Å². The lowest BCUT2D eigenvalue weighted by atomic mass is 9.81. The second-order valence-corrected chi connectivity index (χ2v) is 9.37. The Hall–Kier alpha value is -1.45. The van der Waals surface area contributed by atoms with Crippen molar-refractivity contribution in [3.05, 3.63) is 18.2 Å². The van der Waals surface area contributed by atoms with Gasteiger partial charge in [0.1, 0.15) is 5.82 Å². The molecule has 0 aliphatic carbocycles. The largest absolute Gasteiger partial charge is 0.481 e. The van der Waals surface area contributed by atoms with Crippen molar-refractivity contribution in [1.82, 2.24) is 18.8 Å². The first-order valence-electron chi connectivity index (χ1n) is 8.70. The Morgan fingerprint density at radius 2 is 2.12 bits per heavy atom. The number of fused-ring (bicyclic) bond motifs is 1. The van der Waals surface area contributed by atoms with Crippen LogP contribution in [0, 0.1) is 18.3 Å². The van der Waals surface area contributed by atoms with E-state index in [1.165, 1.54) is 4.31 Å². The summed E-state index contributed by atoms with van der Waals surface area (Å²) in [6.45, 7) is 6.70. The molecule has 0 aromatic carbocycles. The normalized spacial score (nSPS) is 27.7. The predicted molar refractivity (Wildman–Crippen MR) is 92.6 cm³/mol. The number of carbonyl (C=O) groups is 1. The quantitative estimate of drug-likeness (QED) is 0.739. The fourth-order valence-corrected chi connectivity index (χ4v) is 5.29. The number of sulfonamides is 1. The van der Waals surface area contributed by atoms with Crippen LogP contribution >= 0.6 is 0 Å². The van der Waals surface area contributed by atoms with Gasteiger partial charge in [0.05, 0.1) is 11.2 Å². The maximum Gasteiger partial charge on any atom is 0.312 e. The van der Waals surface area contributed by atoms with Gasteiger partial charge in [-0.05, 0) is 26.8 Å². The molecule has 2 aliphatic rings. The summed E-state index contributed by atoms with van der Waals surface area (Å²) in [7, 11) is -3.34. The van der Waals surface area contributed by atoms with E-state index in [-0.39, 0.29) is 18.2 Å². The van der Waals surface area contributed by atoms with Gasteiger partial charge in [-0.25, -0.2) is 17.7 Å². The number of carboxylic acids is 1. The fourth-order valence-electron chi connectivity index (χ4n) is 4.10. The zero-order chi connectivity index (χ0) is 18.2. The number of hydrogen-bond donors (Lipinski definition) is 1. The summed E-state index contributed by atoms with van der Waals surface area (Å²) >= 11 is 0. The molecule has 140 valence electrons. The molecule has 2 aliphatic heterocycles. The van der Waals surface area contributed by atoms with E-state index in [4.69, 9.17) is 0 Å². The van der Waals surface area contributed by atoms with Crippen LogP contribution in [0.2, 0.25) is 0 Å². The molecule has 2 atom stereocenters. The highest BCUT2D eigenvalue weighted by Crippen LogP contribution is 2.43. The van der Waals surface area contributed by atoms with Crippen LogP contribution in [0.25, 0.3) is 0 Å². The van der Waals surface area contributed by atoms with Crippen molar-refractivity contribution in [2.24, 2.45) is 11.3 Å². The van der Waals surface area contributed by atoms with E-state index in [0.29, 0.717) is 19.6 Å². The summed E-state index contributed by atoms with van der Waals surface area (Å²) in [5.41, 5.74) is -0.965. The van der Waals surface area contributed by atoms with E-state index in [9.17, 15) is 18.3 Å². The second-order valence-electron chi connectivity index (χ2n) is 7.11. The summed E-state index contributed by atoms with van der Waals surface area (Å²) in [5, 5.41) is 9.80. The maximum absolute atomic E-state index is 12.1. The van der Waals surface area contributed by atoms with Crippen molar-refractivity contribution in [1.29, 1.82) is 0 Å². The van der Waals surface area contributed by atoms with Crippen LogP contribution in [0.3, 0.4) is 0 Å². The Labute approximate surface area is 148 Å². The zero-order valence-electron chi connectivity index (χ0n) is 14.8. The SMILES string of the molecule is CCS(=O)(=O)N1C[C@H]2CN(CCCn3ccnc3C)C[C@@]2(C(=O)O)C1. The van der Waals surface area contributed by atoms with Gasteiger partial charge >= 0.3 is 5.97 Å². The third kappa shape index (κ3) is 3.32. The van der Waals surface area contributed by atoms with Crippen molar-refractivity contribution in [2.75, 3.05) is 38.5 Å². The molecule has 25 heavy (non-hydrogen) atoms. The average molecular weight is 370 g/mol. The molecule has 9 heteroatoms. The first-order valence-corrected chi connectivity index (χ1v) is 10.3. The highest BCUT2D eigenvalue weighted by Gasteiger charge is 2.59. The second kappa shape index (κ2) is 6.69. The van der Waals surface area contributed by atoms with E-state index >= 15 is 0 Å². The number of aryl methyl sites for hydroxylation is 2. The predicted octanol–water partition coefficient (Wildman–Crippen LogP) is 0.250. The van der Waals surface area contributed by atoms with Crippen molar-refractivity contribution >= 4 is 16.0 Å². The summed E-state index contributed by atoms with van der Waals surface area (Å²) in [6, 6.07) is 0. The monoisotopic (exact) mass is 370 g/mol. The minimum atomic E-state index is -3.34. The lowest BCUT2D eigenvalue weighted by Gasteiger charge is -2.25. The highest BCUT2D eigenvalue weighted by atomic mass is 32.2. The molecule has 0 radical (unpaired) electrons. The van der Waals surface area contributed by atoms with Crippen LogP contribution < -0.4 is 0 Å². The number of likely N-dealkylation sites (tertiary alicyclic amines) is 1. The van der Waals surface area contributed by atoms with Crippen LogP contribution in [0.5, 0.6) is 0 Å². The number of carboxylic acid groups (broad SMARTS) is 1. The van der Waals surface area contributed by atoms with Crippen LogP contribution in [-0.2, 0) is 21.4 Å². The van der Waals surface area contributed by atoms with Gasteiger partial charge in [0, 0.05) is 51.0 Å². The van der Waals surface area contributed by atoms with E-state index in [0.717, 1.165) is 25.3 Å². The van der Waals surface area contributed by atoms with Crippen molar-refractivity contribution in [3.8, 4) is 0 Å². The fraction of sp³-hybridized carbons (Fsp3) is 0.750. The Morgan fingerprint density at radius 3 is 2.68 bits per heavy atom. The topological polar surface area (TPSA) is 95.7 Å². The van der Waals surface area contributed by atoms with E-state index in [1.54, 1.807) is 13.1 Å². The molecule has 1 aromatic heterocycles. The van der Waals surface area contributed by atoms with Gasteiger partial charge in [0.25, 0.3) is 0 Å². The summed E-state index contributed by atoms with van der Waals surface area (Å²) in [4.78, 5) is 18.3. The number of nitrogens with zero attached hydrogens (tertiary/aromatic N) is 4. The van der Waals surface area contributed by atoms with E-state index in [1.807, 2.05) is 13.1 Å². The molecule has 1 N–H and O–H groups in total.